The summed E-state index contributed by atoms with van der Waals surface area (Å²) in [4.78, 5) is 0. The molecule has 0 amide bonds. The van der Waals surface area contributed by atoms with E-state index in [0.717, 1.165) is 12.1 Å². The van der Waals surface area contributed by atoms with Crippen molar-refractivity contribution in [2.24, 2.45) is 5.73 Å². The number of nitrogens with two attached hydrogens (primary N) is 1. The van der Waals surface area contributed by atoms with E-state index in [2.05, 4.69) is 0 Å². The Bertz CT molecular complexity index is 345. The van der Waals surface area contributed by atoms with Crippen LogP contribution in [0.5, 0.6) is 0 Å². The van der Waals surface area contributed by atoms with E-state index in [1.54, 1.807) is 13.8 Å². The van der Waals surface area contributed by atoms with E-state index in [9.17, 15) is 8.78 Å². The molecule has 2 N–H and O–H groups in total. The summed E-state index contributed by atoms with van der Waals surface area (Å²) in [5.74, 6) is -1.14. The maximum atomic E-state index is 13.3. The van der Waals surface area contributed by atoms with Crippen LogP contribution in [-0.2, 0) is 6.42 Å². The molecule has 4 heteroatoms. The second-order valence-corrected chi connectivity index (χ2v) is 4.43. The molecular weight excluding hydrogens is 208 g/mol. The highest BCUT2D eigenvalue weighted by molar-refractivity contribution is 6.30. The molecule has 0 bridgehead atoms. The van der Waals surface area contributed by atoms with Crippen LogP contribution >= 0.6 is 11.6 Å². The highest BCUT2D eigenvalue weighted by Gasteiger charge is 2.16. The molecule has 0 saturated heterocycles. The summed E-state index contributed by atoms with van der Waals surface area (Å²) in [5.41, 5.74) is 5.38. The number of hydrogen-bond donors (Lipinski definition) is 1. The summed E-state index contributed by atoms with van der Waals surface area (Å²) in [7, 11) is 0. The molecule has 0 aromatic heterocycles. The van der Waals surface area contributed by atoms with E-state index >= 15 is 0 Å². The van der Waals surface area contributed by atoms with E-state index < -0.39 is 17.2 Å². The molecule has 0 atom stereocenters. The predicted molar refractivity (Wildman–Crippen MR) is 53.3 cm³/mol. The van der Waals surface area contributed by atoms with Gasteiger partial charge in [0.15, 0.2) is 0 Å². The molecule has 14 heavy (non-hydrogen) atoms. The van der Waals surface area contributed by atoms with Gasteiger partial charge in [0, 0.05) is 5.54 Å². The van der Waals surface area contributed by atoms with Crippen molar-refractivity contribution in [1.82, 2.24) is 0 Å². The molecule has 0 heterocycles. The Morgan fingerprint density at radius 1 is 1.29 bits per heavy atom. The van der Waals surface area contributed by atoms with Gasteiger partial charge < -0.3 is 5.73 Å². The van der Waals surface area contributed by atoms with Gasteiger partial charge in [0.2, 0.25) is 0 Å². The van der Waals surface area contributed by atoms with Crippen LogP contribution in [0.3, 0.4) is 0 Å². The minimum absolute atomic E-state index is 0.207. The molecular formula is C10H12ClF2N. The summed E-state index contributed by atoms with van der Waals surface area (Å²) in [6.07, 6.45) is 0.271. The van der Waals surface area contributed by atoms with Gasteiger partial charge in [-0.15, -0.1) is 0 Å². The molecule has 1 aromatic rings. The van der Waals surface area contributed by atoms with Crippen LogP contribution in [0.4, 0.5) is 8.78 Å². The predicted octanol–water partition coefficient (Wildman–Crippen LogP) is 2.90. The SMILES string of the molecule is CC(C)(N)Cc1cc(F)c(Cl)cc1F. The molecule has 78 valence electrons. The van der Waals surface area contributed by atoms with Crippen LogP contribution in [0.2, 0.25) is 5.02 Å². The number of halogens is 3. The molecule has 0 radical (unpaired) electrons. The zero-order chi connectivity index (χ0) is 10.9. The van der Waals surface area contributed by atoms with Crippen molar-refractivity contribution < 1.29 is 8.78 Å². The Kier molecular flexibility index (Phi) is 3.12. The quantitative estimate of drug-likeness (QED) is 0.761. The van der Waals surface area contributed by atoms with Gasteiger partial charge in [-0.3, -0.25) is 0 Å². The molecule has 1 aromatic carbocycles. The smallest absolute Gasteiger partial charge is 0.142 e. The van der Waals surface area contributed by atoms with Gasteiger partial charge in [-0.2, -0.15) is 0 Å². The second kappa shape index (κ2) is 3.83. The molecule has 0 aliphatic heterocycles. The maximum Gasteiger partial charge on any atom is 0.142 e. The zero-order valence-electron chi connectivity index (χ0n) is 8.07. The van der Waals surface area contributed by atoms with Gasteiger partial charge in [-0.1, -0.05) is 11.6 Å². The van der Waals surface area contributed by atoms with Crippen molar-refractivity contribution in [3.05, 3.63) is 34.4 Å². The summed E-state index contributed by atoms with van der Waals surface area (Å²) < 4.78 is 26.2. The standard InChI is InChI=1S/C10H12ClF2N/c1-10(2,14)5-6-3-9(13)7(11)4-8(6)12/h3-4H,5,14H2,1-2H3. The fourth-order valence-electron chi connectivity index (χ4n) is 1.19. The Morgan fingerprint density at radius 2 is 1.86 bits per heavy atom. The molecule has 1 rings (SSSR count). The largest absolute Gasteiger partial charge is 0.325 e. The Morgan fingerprint density at radius 3 is 2.36 bits per heavy atom. The van der Waals surface area contributed by atoms with E-state index in [1.807, 2.05) is 0 Å². The minimum Gasteiger partial charge on any atom is -0.325 e. The fourth-order valence-corrected chi connectivity index (χ4v) is 1.34. The maximum absolute atomic E-state index is 13.3. The number of rotatable bonds is 2. The van der Waals surface area contributed by atoms with Gasteiger partial charge in [0.05, 0.1) is 5.02 Å². The van der Waals surface area contributed by atoms with Crippen LogP contribution in [0, 0.1) is 11.6 Å². The summed E-state index contributed by atoms with van der Waals surface area (Å²) in [6.45, 7) is 3.50. The third-order valence-corrected chi connectivity index (χ3v) is 2.03. The van der Waals surface area contributed by atoms with Crippen LogP contribution in [0.15, 0.2) is 12.1 Å². The summed E-state index contributed by atoms with van der Waals surface area (Å²) in [6, 6.07) is 2.06. The highest BCUT2D eigenvalue weighted by Crippen LogP contribution is 2.21. The third kappa shape index (κ3) is 2.93. The van der Waals surface area contributed by atoms with Gasteiger partial charge in [0.25, 0.3) is 0 Å². The lowest BCUT2D eigenvalue weighted by molar-refractivity contribution is 0.493. The zero-order valence-corrected chi connectivity index (χ0v) is 8.83. The molecule has 1 nitrogen and oxygen atoms in total. The van der Waals surface area contributed by atoms with Crippen molar-refractivity contribution in [2.45, 2.75) is 25.8 Å². The van der Waals surface area contributed by atoms with Gasteiger partial charge in [0.1, 0.15) is 11.6 Å². The van der Waals surface area contributed by atoms with Crippen LogP contribution < -0.4 is 5.73 Å². The van der Waals surface area contributed by atoms with Gasteiger partial charge in [-0.05, 0) is 38.0 Å². The van der Waals surface area contributed by atoms with E-state index in [0.29, 0.717) is 0 Å². The number of hydrogen-bond acceptors (Lipinski definition) is 1. The molecule has 0 aliphatic rings. The lowest BCUT2D eigenvalue weighted by Gasteiger charge is -2.18. The Hall–Kier alpha value is -0.670. The van der Waals surface area contributed by atoms with Gasteiger partial charge in [-0.25, -0.2) is 8.78 Å². The first-order valence-electron chi connectivity index (χ1n) is 4.22. The third-order valence-electron chi connectivity index (χ3n) is 1.74. The van der Waals surface area contributed by atoms with Crippen molar-refractivity contribution in [3.63, 3.8) is 0 Å². The van der Waals surface area contributed by atoms with Crippen LogP contribution in [0.25, 0.3) is 0 Å². The Balaban J connectivity index is 3.04. The average molecular weight is 220 g/mol. The van der Waals surface area contributed by atoms with Gasteiger partial charge >= 0.3 is 0 Å². The first-order valence-corrected chi connectivity index (χ1v) is 4.60. The molecule has 0 spiro atoms. The first-order chi connectivity index (χ1) is 6.29. The van der Waals surface area contributed by atoms with Crippen LogP contribution in [0.1, 0.15) is 19.4 Å². The fraction of sp³-hybridized carbons (Fsp3) is 0.400. The summed E-state index contributed by atoms with van der Waals surface area (Å²) in [5, 5.41) is -0.207. The van der Waals surface area contributed by atoms with Crippen molar-refractivity contribution in [3.8, 4) is 0 Å². The average Bonchev–Trinajstić information content (AvgIpc) is 1.97. The Labute approximate surface area is 86.9 Å². The molecule has 0 unspecified atom stereocenters. The van der Waals surface area contributed by atoms with E-state index in [1.165, 1.54) is 0 Å². The topological polar surface area (TPSA) is 26.0 Å². The first kappa shape index (κ1) is 11.4. The number of benzene rings is 1. The lowest BCUT2D eigenvalue weighted by Crippen LogP contribution is -2.34. The van der Waals surface area contributed by atoms with E-state index in [-0.39, 0.29) is 17.0 Å². The van der Waals surface area contributed by atoms with E-state index in [4.69, 9.17) is 17.3 Å². The molecule has 0 aliphatic carbocycles. The van der Waals surface area contributed by atoms with Crippen molar-refractivity contribution in [2.75, 3.05) is 0 Å². The molecule has 0 saturated carbocycles. The van der Waals surface area contributed by atoms with Crippen molar-refractivity contribution >= 4 is 11.6 Å². The lowest BCUT2D eigenvalue weighted by atomic mass is 9.96. The van der Waals surface area contributed by atoms with Crippen molar-refractivity contribution in [1.29, 1.82) is 0 Å². The highest BCUT2D eigenvalue weighted by atomic mass is 35.5. The monoisotopic (exact) mass is 219 g/mol. The van der Waals surface area contributed by atoms with Crippen LogP contribution in [-0.4, -0.2) is 5.54 Å². The second-order valence-electron chi connectivity index (χ2n) is 4.02. The normalized spacial score (nSPS) is 11.9. The minimum atomic E-state index is -0.618. The summed E-state index contributed by atoms with van der Waals surface area (Å²) >= 11 is 5.41. The molecule has 0 fully saturated rings.